The Labute approximate surface area is 72.5 Å². The van der Waals surface area contributed by atoms with E-state index in [1.807, 2.05) is 0 Å². The standard InChI is InChI=1S/C6H4F2O.Zr/c7-5-2-1-4(9)3-6(5)8;/h1-3,9H;/q;+1/p-1. The van der Waals surface area contributed by atoms with Gasteiger partial charge in [-0.1, -0.05) is 0 Å². The summed E-state index contributed by atoms with van der Waals surface area (Å²) in [6.45, 7) is 0. The molecule has 4 heteroatoms. The second-order valence-corrected chi connectivity index (χ2v) is 2.18. The molecular weight excluding hydrogens is 217 g/mol. The first-order valence-corrected chi connectivity index (χ1v) is 3.53. The van der Waals surface area contributed by atoms with Crippen molar-refractivity contribution >= 4 is 0 Å². The SMILES string of the molecule is Fc1ccc([O][Zr])cc1F. The van der Waals surface area contributed by atoms with Gasteiger partial charge in [-0.05, 0) is 0 Å². The van der Waals surface area contributed by atoms with Crippen molar-refractivity contribution in [2.24, 2.45) is 0 Å². The fourth-order valence-corrected chi connectivity index (χ4v) is 0.852. The molecule has 0 radical (unpaired) electrons. The third-order valence-electron chi connectivity index (χ3n) is 1.01. The molecule has 10 heavy (non-hydrogen) atoms. The molecule has 0 N–H and O–H groups in total. The van der Waals surface area contributed by atoms with Crippen LogP contribution < -0.4 is 2.81 Å². The Morgan fingerprint density at radius 1 is 1.20 bits per heavy atom. The monoisotopic (exact) mass is 219 g/mol. The molecule has 1 nitrogen and oxygen atoms in total. The second-order valence-electron chi connectivity index (χ2n) is 1.68. The predicted molar refractivity (Wildman–Crippen MR) is 27.0 cm³/mol. The maximum atomic E-state index is 12.3. The van der Waals surface area contributed by atoms with Crippen LogP contribution in [-0.2, 0) is 25.2 Å². The molecule has 0 aliphatic carbocycles. The van der Waals surface area contributed by atoms with E-state index in [9.17, 15) is 8.78 Å². The summed E-state index contributed by atoms with van der Waals surface area (Å²) in [5, 5.41) is 0. The molecule has 0 bridgehead atoms. The van der Waals surface area contributed by atoms with E-state index in [1.165, 1.54) is 6.07 Å². The van der Waals surface area contributed by atoms with E-state index < -0.39 is 11.6 Å². The molecule has 51 valence electrons. The molecule has 0 atom stereocenters. The molecule has 0 fully saturated rings. The van der Waals surface area contributed by atoms with Crippen LogP contribution in [0, 0.1) is 11.6 Å². The van der Waals surface area contributed by atoms with Gasteiger partial charge in [-0.2, -0.15) is 0 Å². The first-order chi connectivity index (χ1) is 4.74. The van der Waals surface area contributed by atoms with Crippen molar-refractivity contribution in [1.82, 2.24) is 0 Å². The van der Waals surface area contributed by atoms with Crippen LogP contribution in [0.25, 0.3) is 0 Å². The zero-order chi connectivity index (χ0) is 7.56. The molecule has 0 saturated heterocycles. The van der Waals surface area contributed by atoms with Crippen LogP contribution in [0.5, 0.6) is 5.75 Å². The summed E-state index contributed by atoms with van der Waals surface area (Å²) in [6, 6.07) is 3.44. The van der Waals surface area contributed by atoms with Crippen LogP contribution >= 0.6 is 0 Å². The Hall–Kier alpha value is -0.237. The van der Waals surface area contributed by atoms with Gasteiger partial charge in [0.15, 0.2) is 0 Å². The van der Waals surface area contributed by atoms with Gasteiger partial charge in [-0.3, -0.25) is 0 Å². The fraction of sp³-hybridized carbons (Fsp3) is 0. The number of rotatable bonds is 1. The number of halogens is 2. The van der Waals surface area contributed by atoms with E-state index in [4.69, 9.17) is 2.81 Å². The van der Waals surface area contributed by atoms with Gasteiger partial charge in [-0.15, -0.1) is 0 Å². The average Bonchev–Trinajstić information content (AvgIpc) is 1.95. The molecule has 0 aromatic heterocycles. The Balaban J connectivity index is 3.04. The Kier molecular flexibility index (Phi) is 2.55. The summed E-state index contributed by atoms with van der Waals surface area (Å²) in [6.07, 6.45) is 0. The molecule has 0 heterocycles. The van der Waals surface area contributed by atoms with Gasteiger partial charge < -0.3 is 0 Å². The van der Waals surface area contributed by atoms with E-state index in [0.29, 0.717) is 5.75 Å². The van der Waals surface area contributed by atoms with Gasteiger partial charge in [0.2, 0.25) is 0 Å². The summed E-state index contributed by atoms with van der Waals surface area (Å²) in [5.74, 6) is -1.37. The van der Waals surface area contributed by atoms with Crippen molar-refractivity contribution in [3.05, 3.63) is 29.8 Å². The van der Waals surface area contributed by atoms with Crippen LogP contribution in [0.1, 0.15) is 0 Å². The molecule has 0 unspecified atom stereocenters. The average molecular weight is 220 g/mol. The third-order valence-corrected chi connectivity index (χ3v) is 1.59. The van der Waals surface area contributed by atoms with E-state index in [-0.39, 0.29) is 0 Å². The molecule has 0 spiro atoms. The maximum absolute atomic E-state index is 12.3. The summed E-state index contributed by atoms with van der Waals surface area (Å²) < 4.78 is 29.3. The second kappa shape index (κ2) is 3.24. The van der Waals surface area contributed by atoms with Gasteiger partial charge in [-0.25, -0.2) is 0 Å². The zero-order valence-electron chi connectivity index (χ0n) is 4.90. The summed E-state index contributed by atoms with van der Waals surface area (Å²) in [5.41, 5.74) is 0. The van der Waals surface area contributed by atoms with Crippen molar-refractivity contribution in [1.29, 1.82) is 0 Å². The van der Waals surface area contributed by atoms with Crippen LogP contribution in [0.2, 0.25) is 0 Å². The fourth-order valence-electron chi connectivity index (χ4n) is 0.540. The van der Waals surface area contributed by atoms with E-state index in [2.05, 4.69) is 0 Å². The van der Waals surface area contributed by atoms with Crippen LogP contribution in [-0.4, -0.2) is 0 Å². The Bertz CT molecular complexity index is 239. The van der Waals surface area contributed by atoms with Gasteiger partial charge in [0, 0.05) is 0 Å². The van der Waals surface area contributed by atoms with E-state index in [0.717, 1.165) is 37.3 Å². The normalized spacial score (nSPS) is 9.30. The van der Waals surface area contributed by atoms with Crippen molar-refractivity contribution in [2.75, 3.05) is 0 Å². The summed E-state index contributed by atoms with van der Waals surface area (Å²) in [7, 11) is 0. The first-order valence-electron chi connectivity index (χ1n) is 2.52. The van der Waals surface area contributed by atoms with E-state index >= 15 is 0 Å². The van der Waals surface area contributed by atoms with Gasteiger partial charge in [0.1, 0.15) is 0 Å². The molecule has 1 rings (SSSR count). The van der Waals surface area contributed by atoms with Crippen molar-refractivity contribution < 1.29 is 36.8 Å². The van der Waals surface area contributed by atoms with Crippen molar-refractivity contribution in [3.63, 3.8) is 0 Å². The molecule has 0 saturated carbocycles. The number of hydrogen-bond donors (Lipinski definition) is 0. The van der Waals surface area contributed by atoms with Gasteiger partial charge >= 0.3 is 72.3 Å². The van der Waals surface area contributed by atoms with Crippen molar-refractivity contribution in [2.45, 2.75) is 0 Å². The Morgan fingerprint density at radius 3 is 2.40 bits per heavy atom. The molecule has 0 amide bonds. The predicted octanol–water partition coefficient (Wildman–Crippen LogP) is 1.81. The molecule has 0 aliphatic heterocycles. The molecule has 1 aromatic rings. The third kappa shape index (κ3) is 1.63. The zero-order valence-corrected chi connectivity index (χ0v) is 7.35. The molecule has 1 aromatic carbocycles. The summed E-state index contributed by atoms with van der Waals surface area (Å²) in [4.78, 5) is 0. The molecular formula is C6H3F2OZr. The van der Waals surface area contributed by atoms with Crippen molar-refractivity contribution in [3.8, 4) is 5.75 Å². The quantitative estimate of drug-likeness (QED) is 0.701. The number of hydrogen-bond acceptors (Lipinski definition) is 1. The topological polar surface area (TPSA) is 9.23 Å². The van der Waals surface area contributed by atoms with Crippen LogP contribution in [0.4, 0.5) is 8.78 Å². The van der Waals surface area contributed by atoms with Crippen LogP contribution in [0.3, 0.4) is 0 Å². The molecule has 0 aliphatic rings. The van der Waals surface area contributed by atoms with E-state index in [1.54, 1.807) is 0 Å². The van der Waals surface area contributed by atoms with Gasteiger partial charge in [0.25, 0.3) is 0 Å². The minimum atomic E-state index is -0.875. The first kappa shape index (κ1) is 7.87. The van der Waals surface area contributed by atoms with Crippen LogP contribution in [0.15, 0.2) is 18.2 Å². The Morgan fingerprint density at radius 2 is 1.90 bits per heavy atom. The van der Waals surface area contributed by atoms with Gasteiger partial charge in [0.05, 0.1) is 0 Å². The minimum absolute atomic E-state index is 0.358. The summed E-state index contributed by atoms with van der Waals surface area (Å²) >= 11 is 0.804. The number of benzene rings is 1.